The first-order valence-electron chi connectivity index (χ1n) is 15.1. The summed E-state index contributed by atoms with van der Waals surface area (Å²) in [6.45, 7) is 16.8. The van der Waals surface area contributed by atoms with Gasteiger partial charge in [0.25, 0.3) is 0 Å². The average molecular weight is 667 g/mol. The molecule has 3 unspecified atom stereocenters. The topological polar surface area (TPSA) is 108 Å². The number of aliphatic hydroxyl groups excluding tert-OH is 1. The van der Waals surface area contributed by atoms with Crippen LogP contribution in [0.1, 0.15) is 74.7 Å². The summed E-state index contributed by atoms with van der Waals surface area (Å²) in [5, 5.41) is 16.7. The molecular formula is C32H48BrN3O5S. The number of benzene rings is 1. The minimum atomic E-state index is -0.788. The summed E-state index contributed by atoms with van der Waals surface area (Å²) in [5.74, 6) is -0.983. The predicted molar refractivity (Wildman–Crippen MR) is 172 cm³/mol. The number of nitrogens with zero attached hydrogens (tertiary/aromatic N) is 1. The Morgan fingerprint density at radius 3 is 2.36 bits per heavy atom. The lowest BCUT2D eigenvalue weighted by molar-refractivity contribution is -0.143. The Morgan fingerprint density at radius 1 is 1.17 bits per heavy atom. The van der Waals surface area contributed by atoms with E-state index in [4.69, 9.17) is 4.74 Å². The quantitative estimate of drug-likeness (QED) is 0.280. The maximum Gasteiger partial charge on any atom is 0.244 e. The number of hydrogen-bond donors (Lipinski definition) is 3. The number of amides is 3. The summed E-state index contributed by atoms with van der Waals surface area (Å²) in [5.41, 5.74) is 0.106. The highest BCUT2D eigenvalue weighted by molar-refractivity contribution is 9.09. The minimum absolute atomic E-state index is 0.0143. The van der Waals surface area contributed by atoms with Crippen molar-refractivity contribution in [1.82, 2.24) is 10.2 Å². The molecule has 3 N–H and O–H groups in total. The van der Waals surface area contributed by atoms with Crippen molar-refractivity contribution in [3.8, 4) is 5.75 Å². The van der Waals surface area contributed by atoms with E-state index in [-0.39, 0.29) is 45.7 Å². The van der Waals surface area contributed by atoms with Crippen LogP contribution in [-0.4, -0.2) is 73.4 Å². The van der Waals surface area contributed by atoms with Crippen molar-refractivity contribution in [3.63, 3.8) is 0 Å². The fourth-order valence-electron chi connectivity index (χ4n) is 7.68. The minimum Gasteiger partial charge on any atom is -0.494 e. The lowest BCUT2D eigenvalue weighted by Crippen LogP contribution is -2.60. The van der Waals surface area contributed by atoms with Crippen LogP contribution >= 0.6 is 27.7 Å². The summed E-state index contributed by atoms with van der Waals surface area (Å²) in [7, 11) is 0. The third-order valence-corrected chi connectivity index (χ3v) is 11.7. The van der Waals surface area contributed by atoms with Crippen molar-refractivity contribution >= 4 is 51.1 Å². The van der Waals surface area contributed by atoms with Gasteiger partial charge in [-0.15, -0.1) is 11.8 Å². The van der Waals surface area contributed by atoms with E-state index >= 15 is 0 Å². The second-order valence-electron chi connectivity index (χ2n) is 14.4. The number of halogens is 1. The van der Waals surface area contributed by atoms with E-state index in [0.29, 0.717) is 25.1 Å². The molecule has 7 atom stereocenters. The van der Waals surface area contributed by atoms with E-state index in [0.717, 1.165) is 12.2 Å². The van der Waals surface area contributed by atoms with Gasteiger partial charge in [-0.1, -0.05) is 50.5 Å². The number of likely N-dealkylation sites (tertiary alicyclic amines) is 1. The second kappa shape index (κ2) is 12.3. The van der Waals surface area contributed by atoms with Gasteiger partial charge in [-0.2, -0.15) is 0 Å². The van der Waals surface area contributed by atoms with Crippen molar-refractivity contribution < 1.29 is 24.2 Å². The van der Waals surface area contributed by atoms with Crippen LogP contribution in [0.4, 0.5) is 5.69 Å². The molecule has 0 aliphatic carbocycles. The molecule has 4 rings (SSSR count). The zero-order valence-corrected chi connectivity index (χ0v) is 28.6. The Labute approximate surface area is 263 Å². The molecule has 10 heteroatoms. The van der Waals surface area contributed by atoms with E-state index in [1.54, 1.807) is 28.8 Å². The molecule has 3 aliphatic rings. The third kappa shape index (κ3) is 6.50. The molecule has 0 aromatic heterocycles. The average Bonchev–Trinajstić information content (AvgIpc) is 3.45. The molecule has 1 aromatic carbocycles. The van der Waals surface area contributed by atoms with Gasteiger partial charge in [0.2, 0.25) is 17.7 Å². The van der Waals surface area contributed by atoms with Crippen molar-refractivity contribution in [3.05, 3.63) is 24.3 Å². The second-order valence-corrected chi connectivity index (χ2v) is 17.1. The highest BCUT2D eigenvalue weighted by Gasteiger charge is 2.76. The molecule has 8 nitrogen and oxygen atoms in total. The summed E-state index contributed by atoms with van der Waals surface area (Å²) < 4.78 is 4.75. The van der Waals surface area contributed by atoms with E-state index in [1.807, 2.05) is 46.8 Å². The number of aliphatic hydroxyl groups is 1. The molecule has 1 aromatic rings. The summed E-state index contributed by atoms with van der Waals surface area (Å²) in [4.78, 5) is 44.4. The number of alkyl halides is 1. The number of carbonyl (C=O) groups excluding carboxylic acids is 3. The standard InChI is InChI=1S/C32H48BrN3O5S/c1-9-41-21-12-10-19(11-13-21)34-27(38)23-24-29(40)36(20(16-37)14-18(2)3)26(32(24)15-22(33)25(23)42-32)28(39)35-31(7,8)17-30(4,5)6/h10-13,18,20,22-26,37H,9,14-17H2,1-8H3,(H,34,38)(H,35,39)/t20-,22?,23-,24+,25-,26?,32?/m1/s1. The van der Waals surface area contributed by atoms with Crippen LogP contribution < -0.4 is 15.4 Å². The molecule has 3 saturated heterocycles. The van der Waals surface area contributed by atoms with Gasteiger partial charge in [-0.05, 0) is 75.6 Å². The van der Waals surface area contributed by atoms with Gasteiger partial charge in [0, 0.05) is 21.3 Å². The van der Waals surface area contributed by atoms with Crippen LogP contribution in [0.5, 0.6) is 5.75 Å². The monoisotopic (exact) mass is 665 g/mol. The van der Waals surface area contributed by atoms with E-state index in [9.17, 15) is 19.5 Å². The van der Waals surface area contributed by atoms with Gasteiger partial charge in [0.15, 0.2) is 0 Å². The highest BCUT2D eigenvalue weighted by Crippen LogP contribution is 2.68. The predicted octanol–water partition coefficient (Wildman–Crippen LogP) is 5.23. The number of hydrogen-bond acceptors (Lipinski definition) is 6. The van der Waals surface area contributed by atoms with Crippen LogP contribution in [0, 0.1) is 23.2 Å². The van der Waals surface area contributed by atoms with Gasteiger partial charge in [-0.25, -0.2) is 0 Å². The molecule has 3 aliphatic heterocycles. The number of thioether (sulfide) groups is 1. The Hall–Kier alpha value is -1.78. The van der Waals surface area contributed by atoms with E-state index in [1.165, 1.54) is 0 Å². The van der Waals surface area contributed by atoms with Crippen molar-refractivity contribution in [2.24, 2.45) is 23.2 Å². The van der Waals surface area contributed by atoms with Gasteiger partial charge < -0.3 is 25.4 Å². The van der Waals surface area contributed by atoms with Crippen LogP contribution in [0.15, 0.2) is 24.3 Å². The number of anilines is 1. The van der Waals surface area contributed by atoms with Gasteiger partial charge in [0.1, 0.15) is 11.8 Å². The third-order valence-electron chi connectivity index (χ3n) is 8.49. The Morgan fingerprint density at radius 2 is 1.81 bits per heavy atom. The van der Waals surface area contributed by atoms with E-state index in [2.05, 4.69) is 47.3 Å². The summed E-state index contributed by atoms with van der Waals surface area (Å²) >= 11 is 5.44. The number of carbonyl (C=O) groups is 3. The Bertz CT molecular complexity index is 1170. The summed E-state index contributed by atoms with van der Waals surface area (Å²) in [6, 6.07) is 5.91. The largest absolute Gasteiger partial charge is 0.494 e. The zero-order chi connectivity index (χ0) is 31.2. The lowest BCUT2D eigenvalue weighted by Gasteiger charge is -2.41. The number of ether oxygens (including phenoxy) is 1. The molecule has 3 fully saturated rings. The molecule has 3 amide bonds. The molecular weight excluding hydrogens is 618 g/mol. The molecule has 2 bridgehead atoms. The first-order chi connectivity index (χ1) is 19.5. The Kier molecular flexibility index (Phi) is 9.71. The van der Waals surface area contributed by atoms with E-state index < -0.39 is 34.2 Å². The normalized spacial score (nSPS) is 29.5. The number of nitrogens with one attached hydrogen (secondary N) is 2. The zero-order valence-electron chi connectivity index (χ0n) is 26.2. The van der Waals surface area contributed by atoms with Gasteiger partial charge in [-0.3, -0.25) is 14.4 Å². The highest BCUT2D eigenvalue weighted by atomic mass is 79.9. The molecule has 3 heterocycles. The molecule has 0 saturated carbocycles. The van der Waals surface area contributed by atoms with Crippen LogP contribution in [0.3, 0.4) is 0 Å². The first-order valence-corrected chi connectivity index (χ1v) is 16.9. The van der Waals surface area contributed by atoms with Crippen LogP contribution in [-0.2, 0) is 14.4 Å². The van der Waals surface area contributed by atoms with Crippen molar-refractivity contribution in [1.29, 1.82) is 0 Å². The maximum atomic E-state index is 14.5. The summed E-state index contributed by atoms with van der Waals surface area (Å²) in [6.07, 6.45) is 1.91. The molecule has 1 spiro atoms. The van der Waals surface area contributed by atoms with Crippen LogP contribution in [0.2, 0.25) is 0 Å². The molecule has 234 valence electrons. The fourth-order valence-corrected chi connectivity index (χ4v) is 11.3. The SMILES string of the molecule is CCOc1ccc(NC(=O)[C@H]2[C@@H]3SC4(CC3Br)C(C(=O)NC(C)(C)CC(C)(C)C)N([C@@H](CO)CC(C)C)C(=O)[C@H]24)cc1. The smallest absolute Gasteiger partial charge is 0.244 e. The first kappa shape index (κ1) is 33.1. The van der Waals surface area contributed by atoms with Gasteiger partial charge >= 0.3 is 0 Å². The maximum absolute atomic E-state index is 14.5. The molecule has 42 heavy (non-hydrogen) atoms. The lowest BCUT2D eigenvalue weighted by atomic mass is 9.70. The number of rotatable bonds is 11. The number of fused-ring (bicyclic) bond motifs is 1. The fraction of sp³-hybridized carbons (Fsp3) is 0.719. The Balaban J connectivity index is 1.70. The molecule has 0 radical (unpaired) electrons. The van der Waals surface area contributed by atoms with Crippen molar-refractivity contribution in [2.45, 2.75) is 107 Å². The van der Waals surface area contributed by atoms with Crippen molar-refractivity contribution in [2.75, 3.05) is 18.5 Å². The van der Waals surface area contributed by atoms with Gasteiger partial charge in [0.05, 0.1) is 35.8 Å². The van der Waals surface area contributed by atoms with Crippen LogP contribution in [0.25, 0.3) is 0 Å².